The third-order valence-electron chi connectivity index (χ3n) is 5.06. The van der Waals surface area contributed by atoms with Crippen molar-refractivity contribution in [3.05, 3.63) is 65.2 Å². The topological polar surface area (TPSA) is 70.7 Å². The zero-order valence-electron chi connectivity index (χ0n) is 17.0. The van der Waals surface area contributed by atoms with E-state index < -0.39 is 23.6 Å². The van der Waals surface area contributed by atoms with Gasteiger partial charge < -0.3 is 15.4 Å². The van der Waals surface area contributed by atoms with E-state index >= 15 is 0 Å². The van der Waals surface area contributed by atoms with Crippen LogP contribution in [0, 0.1) is 6.92 Å². The molecule has 0 aromatic heterocycles. The van der Waals surface area contributed by atoms with E-state index in [-0.39, 0.29) is 18.3 Å². The van der Waals surface area contributed by atoms with Crippen LogP contribution in [0.3, 0.4) is 0 Å². The molecule has 6 nitrogen and oxygen atoms in total. The lowest BCUT2D eigenvalue weighted by Crippen LogP contribution is -2.45. The molecule has 1 aliphatic heterocycles. The van der Waals surface area contributed by atoms with Gasteiger partial charge in [-0.1, -0.05) is 35.9 Å². The van der Waals surface area contributed by atoms with E-state index in [1.165, 1.54) is 12.1 Å². The summed E-state index contributed by atoms with van der Waals surface area (Å²) in [5, 5.41) is 4.82. The van der Waals surface area contributed by atoms with E-state index in [4.69, 9.17) is 4.74 Å². The summed E-state index contributed by atoms with van der Waals surface area (Å²) in [6.45, 7) is 4.68. The first-order valence-electron chi connectivity index (χ1n) is 9.89. The molecule has 1 atom stereocenters. The number of benzene rings is 2. The molecule has 0 spiro atoms. The Morgan fingerprint density at radius 3 is 2.39 bits per heavy atom. The van der Waals surface area contributed by atoms with Gasteiger partial charge in [0, 0.05) is 25.3 Å². The number of aryl methyl sites for hydroxylation is 1. The Labute approximate surface area is 178 Å². The molecule has 0 saturated carbocycles. The molecular weight excluding hydrogens is 411 g/mol. The maximum absolute atomic E-state index is 12.8. The predicted molar refractivity (Wildman–Crippen MR) is 109 cm³/mol. The number of morpholine rings is 1. The van der Waals surface area contributed by atoms with Gasteiger partial charge >= 0.3 is 18.0 Å². The Bertz CT molecular complexity index is 910. The number of carbonyl (C=O) groups is 2. The molecule has 2 amide bonds. The zero-order chi connectivity index (χ0) is 22.4. The smallest absolute Gasteiger partial charge is 0.379 e. The summed E-state index contributed by atoms with van der Waals surface area (Å²) in [6, 6.07) is 11.9. The molecule has 1 aliphatic rings. The second-order valence-corrected chi connectivity index (χ2v) is 7.32. The largest absolute Gasteiger partial charge is 0.416 e. The van der Waals surface area contributed by atoms with Gasteiger partial charge in [-0.3, -0.25) is 14.5 Å². The lowest BCUT2D eigenvalue weighted by molar-refractivity contribution is -0.137. The fourth-order valence-electron chi connectivity index (χ4n) is 3.37. The molecule has 31 heavy (non-hydrogen) atoms. The summed E-state index contributed by atoms with van der Waals surface area (Å²) in [5.41, 5.74) is 1.09. The lowest BCUT2D eigenvalue weighted by Gasteiger charge is -2.35. The molecule has 0 aliphatic carbocycles. The SMILES string of the molecule is Cc1ccc(C(CNC(=O)C(=O)Nc2cccc(C(F)(F)F)c2)N2CCOCC2)cc1. The van der Waals surface area contributed by atoms with Crippen LogP contribution in [-0.2, 0) is 20.5 Å². The summed E-state index contributed by atoms with van der Waals surface area (Å²) >= 11 is 0. The number of hydrogen-bond acceptors (Lipinski definition) is 4. The standard InChI is InChI=1S/C22H24F3N3O3/c1-15-5-7-16(8-6-15)19(28-9-11-31-12-10-28)14-26-20(29)21(30)27-18-4-2-3-17(13-18)22(23,24)25/h2-8,13,19H,9-12,14H2,1H3,(H,26,29)(H,27,30). The third-order valence-corrected chi connectivity index (χ3v) is 5.06. The number of ether oxygens (including phenoxy) is 1. The second-order valence-electron chi connectivity index (χ2n) is 7.32. The van der Waals surface area contributed by atoms with E-state index in [0.717, 1.165) is 23.3 Å². The minimum Gasteiger partial charge on any atom is -0.379 e. The fraction of sp³-hybridized carbons (Fsp3) is 0.364. The molecular formula is C22H24F3N3O3. The van der Waals surface area contributed by atoms with Crippen LogP contribution in [0.15, 0.2) is 48.5 Å². The molecule has 0 radical (unpaired) electrons. The summed E-state index contributed by atoms with van der Waals surface area (Å²) in [6.07, 6.45) is -4.54. The average molecular weight is 435 g/mol. The van der Waals surface area contributed by atoms with E-state index in [1.807, 2.05) is 31.2 Å². The average Bonchev–Trinajstić information content (AvgIpc) is 2.75. The van der Waals surface area contributed by atoms with Crippen LogP contribution in [-0.4, -0.2) is 49.6 Å². The third kappa shape index (κ3) is 6.28. The molecule has 1 fully saturated rings. The van der Waals surface area contributed by atoms with Crippen molar-refractivity contribution in [2.24, 2.45) is 0 Å². The van der Waals surface area contributed by atoms with Crippen molar-refractivity contribution in [2.45, 2.75) is 19.1 Å². The number of nitrogens with one attached hydrogen (secondary N) is 2. The number of alkyl halides is 3. The predicted octanol–water partition coefficient (Wildman–Crippen LogP) is 3.14. The highest BCUT2D eigenvalue weighted by molar-refractivity contribution is 6.39. The van der Waals surface area contributed by atoms with Gasteiger partial charge in [0.2, 0.25) is 0 Å². The highest BCUT2D eigenvalue weighted by Gasteiger charge is 2.31. The highest BCUT2D eigenvalue weighted by Crippen LogP contribution is 2.30. The van der Waals surface area contributed by atoms with Gasteiger partial charge in [-0.05, 0) is 30.7 Å². The van der Waals surface area contributed by atoms with E-state index in [2.05, 4.69) is 15.5 Å². The van der Waals surface area contributed by atoms with Crippen molar-refractivity contribution >= 4 is 17.5 Å². The maximum Gasteiger partial charge on any atom is 0.416 e. The van der Waals surface area contributed by atoms with Gasteiger partial charge in [0.15, 0.2) is 0 Å². The molecule has 9 heteroatoms. The van der Waals surface area contributed by atoms with Crippen LogP contribution in [0.2, 0.25) is 0 Å². The summed E-state index contributed by atoms with van der Waals surface area (Å²) in [4.78, 5) is 26.7. The van der Waals surface area contributed by atoms with Gasteiger partial charge in [0.1, 0.15) is 0 Å². The fourth-order valence-corrected chi connectivity index (χ4v) is 3.37. The Morgan fingerprint density at radius 1 is 1.06 bits per heavy atom. The van der Waals surface area contributed by atoms with Crippen molar-refractivity contribution < 1.29 is 27.5 Å². The molecule has 1 heterocycles. The Balaban J connectivity index is 1.64. The van der Waals surface area contributed by atoms with Crippen molar-refractivity contribution in [2.75, 3.05) is 38.2 Å². The monoisotopic (exact) mass is 435 g/mol. The van der Waals surface area contributed by atoms with Crippen LogP contribution in [0.4, 0.5) is 18.9 Å². The first kappa shape index (κ1) is 22.8. The number of halogens is 3. The number of anilines is 1. The van der Waals surface area contributed by atoms with Gasteiger partial charge in [-0.2, -0.15) is 13.2 Å². The van der Waals surface area contributed by atoms with Crippen LogP contribution < -0.4 is 10.6 Å². The number of amides is 2. The maximum atomic E-state index is 12.8. The Morgan fingerprint density at radius 2 is 1.74 bits per heavy atom. The van der Waals surface area contributed by atoms with Gasteiger partial charge in [0.25, 0.3) is 0 Å². The van der Waals surface area contributed by atoms with Crippen LogP contribution in [0.1, 0.15) is 22.7 Å². The highest BCUT2D eigenvalue weighted by atomic mass is 19.4. The molecule has 2 aromatic rings. The summed E-state index contributed by atoms with van der Waals surface area (Å²) < 4.78 is 43.9. The Hall–Kier alpha value is -2.91. The first-order chi connectivity index (χ1) is 14.7. The van der Waals surface area contributed by atoms with Crippen molar-refractivity contribution in [1.82, 2.24) is 10.2 Å². The lowest BCUT2D eigenvalue weighted by atomic mass is 10.0. The van der Waals surface area contributed by atoms with Crippen LogP contribution >= 0.6 is 0 Å². The molecule has 1 unspecified atom stereocenters. The number of hydrogen-bond donors (Lipinski definition) is 2. The summed E-state index contributed by atoms with van der Waals surface area (Å²) in [5.74, 6) is -1.94. The number of nitrogens with zero attached hydrogens (tertiary/aromatic N) is 1. The molecule has 3 rings (SSSR count). The van der Waals surface area contributed by atoms with E-state index in [1.54, 1.807) is 0 Å². The van der Waals surface area contributed by atoms with E-state index in [0.29, 0.717) is 26.3 Å². The van der Waals surface area contributed by atoms with Crippen molar-refractivity contribution in [3.8, 4) is 0 Å². The van der Waals surface area contributed by atoms with Crippen molar-refractivity contribution in [1.29, 1.82) is 0 Å². The minimum absolute atomic E-state index is 0.0989. The first-order valence-corrected chi connectivity index (χ1v) is 9.89. The molecule has 1 saturated heterocycles. The number of carbonyl (C=O) groups excluding carboxylic acids is 2. The van der Waals surface area contributed by atoms with Crippen LogP contribution in [0.5, 0.6) is 0 Å². The Kier molecular flexibility index (Phi) is 7.29. The van der Waals surface area contributed by atoms with Gasteiger partial charge in [-0.25, -0.2) is 0 Å². The molecule has 2 N–H and O–H groups in total. The van der Waals surface area contributed by atoms with E-state index in [9.17, 15) is 22.8 Å². The zero-order valence-corrected chi connectivity index (χ0v) is 17.0. The number of rotatable bonds is 5. The molecule has 0 bridgehead atoms. The van der Waals surface area contributed by atoms with Gasteiger partial charge in [0.05, 0.1) is 24.8 Å². The minimum atomic E-state index is -4.54. The normalized spacial score (nSPS) is 15.9. The van der Waals surface area contributed by atoms with Crippen LogP contribution in [0.25, 0.3) is 0 Å². The molecule has 2 aromatic carbocycles. The van der Waals surface area contributed by atoms with Crippen molar-refractivity contribution in [3.63, 3.8) is 0 Å². The second kappa shape index (κ2) is 9.93. The molecule has 166 valence electrons. The quantitative estimate of drug-likeness (QED) is 0.708. The summed E-state index contributed by atoms with van der Waals surface area (Å²) in [7, 11) is 0. The van der Waals surface area contributed by atoms with Gasteiger partial charge in [-0.15, -0.1) is 0 Å².